The average molecular weight is 524 g/mol. The third kappa shape index (κ3) is 5.95. The minimum absolute atomic E-state index is 0.0435. The lowest BCUT2D eigenvalue weighted by Crippen LogP contribution is -2.49. The number of piperazine rings is 1. The lowest BCUT2D eigenvalue weighted by Gasteiger charge is -2.36. The van der Waals surface area contributed by atoms with Crippen LogP contribution >= 0.6 is 0 Å². The fourth-order valence-corrected chi connectivity index (χ4v) is 6.75. The first-order valence-corrected chi connectivity index (χ1v) is 14.8. The van der Waals surface area contributed by atoms with Gasteiger partial charge in [0.15, 0.2) is 0 Å². The quantitative estimate of drug-likeness (QED) is 0.440. The van der Waals surface area contributed by atoms with Crippen molar-refractivity contribution in [3.05, 3.63) is 60.4 Å². The third-order valence-corrected chi connectivity index (χ3v) is 9.14. The summed E-state index contributed by atoms with van der Waals surface area (Å²) < 4.78 is 35.1. The van der Waals surface area contributed by atoms with Crippen LogP contribution in [0.2, 0.25) is 0 Å². The molecule has 2 fully saturated rings. The van der Waals surface area contributed by atoms with E-state index in [-0.39, 0.29) is 12.2 Å². The van der Waals surface area contributed by atoms with E-state index in [1.54, 1.807) is 28.8 Å². The van der Waals surface area contributed by atoms with Crippen molar-refractivity contribution in [1.82, 2.24) is 19.2 Å². The molecule has 2 saturated heterocycles. The van der Waals surface area contributed by atoms with Crippen molar-refractivity contribution in [3.63, 3.8) is 0 Å². The topological polar surface area (TPSA) is 78.9 Å². The zero-order valence-electron chi connectivity index (χ0n) is 21.8. The molecule has 1 unspecified atom stereocenters. The molecule has 3 heterocycles. The van der Waals surface area contributed by atoms with Crippen LogP contribution in [0.4, 0.5) is 5.82 Å². The molecule has 8 nitrogen and oxygen atoms in total. The van der Waals surface area contributed by atoms with Crippen molar-refractivity contribution in [1.29, 1.82) is 0 Å². The van der Waals surface area contributed by atoms with E-state index in [0.717, 1.165) is 54.8 Å². The molecule has 3 aromatic rings. The van der Waals surface area contributed by atoms with Gasteiger partial charge < -0.3 is 9.64 Å². The monoisotopic (exact) mass is 523 g/mol. The van der Waals surface area contributed by atoms with Gasteiger partial charge in [-0.05, 0) is 56.9 Å². The van der Waals surface area contributed by atoms with E-state index in [1.807, 2.05) is 32.0 Å². The maximum atomic E-state index is 13.6. The predicted octanol–water partition coefficient (Wildman–Crippen LogP) is 4.09. The Morgan fingerprint density at radius 3 is 2.32 bits per heavy atom. The standard InChI is InChI=1S/C28H37N5O3S/c1-22(2)36-27(23-9-5-3-6-10-23)20-31-15-17-33(18-16-31)37(34,35)24-11-12-26-25(19-24)28(30-21-29-26)32-13-7-4-8-14-32/h3,5-6,9-12,19,21-22,27H,4,7-8,13-18,20H2,1-2H3. The zero-order valence-corrected chi connectivity index (χ0v) is 22.6. The Morgan fingerprint density at radius 1 is 0.892 bits per heavy atom. The highest BCUT2D eigenvalue weighted by molar-refractivity contribution is 7.89. The van der Waals surface area contributed by atoms with Crippen LogP contribution in [0.25, 0.3) is 10.9 Å². The molecule has 0 aliphatic carbocycles. The number of anilines is 1. The molecule has 37 heavy (non-hydrogen) atoms. The van der Waals surface area contributed by atoms with Crippen LogP contribution in [-0.4, -0.2) is 79.5 Å². The van der Waals surface area contributed by atoms with Crippen molar-refractivity contribution in [2.45, 2.75) is 50.2 Å². The number of fused-ring (bicyclic) bond motifs is 1. The van der Waals surface area contributed by atoms with Gasteiger partial charge in [-0.3, -0.25) is 4.90 Å². The van der Waals surface area contributed by atoms with Gasteiger partial charge in [0.25, 0.3) is 0 Å². The summed E-state index contributed by atoms with van der Waals surface area (Å²) >= 11 is 0. The van der Waals surface area contributed by atoms with Gasteiger partial charge in [-0.2, -0.15) is 4.31 Å². The van der Waals surface area contributed by atoms with E-state index >= 15 is 0 Å². The van der Waals surface area contributed by atoms with Gasteiger partial charge in [-0.15, -0.1) is 0 Å². The summed E-state index contributed by atoms with van der Waals surface area (Å²) in [4.78, 5) is 13.8. The molecule has 2 aliphatic rings. The fourth-order valence-electron chi connectivity index (χ4n) is 5.30. The molecular formula is C28H37N5O3S. The van der Waals surface area contributed by atoms with Gasteiger partial charge in [0.2, 0.25) is 10.0 Å². The summed E-state index contributed by atoms with van der Waals surface area (Å²) in [6.45, 7) is 8.95. The highest BCUT2D eigenvalue weighted by Crippen LogP contribution is 2.29. The molecule has 1 atom stereocenters. The van der Waals surface area contributed by atoms with Gasteiger partial charge in [0.05, 0.1) is 22.6 Å². The average Bonchev–Trinajstić information content (AvgIpc) is 2.93. The Hall–Kier alpha value is -2.59. The molecule has 0 saturated carbocycles. The summed E-state index contributed by atoms with van der Waals surface area (Å²) in [6.07, 6.45) is 5.12. The lowest BCUT2D eigenvalue weighted by molar-refractivity contribution is -0.0178. The molecule has 0 N–H and O–H groups in total. The van der Waals surface area contributed by atoms with Crippen molar-refractivity contribution in [3.8, 4) is 0 Å². The molecule has 0 bridgehead atoms. The van der Waals surface area contributed by atoms with Crippen LogP contribution in [0.1, 0.15) is 44.8 Å². The summed E-state index contributed by atoms with van der Waals surface area (Å²) in [5.41, 5.74) is 1.92. The molecule has 2 aromatic carbocycles. The van der Waals surface area contributed by atoms with Crippen molar-refractivity contribution in [2.24, 2.45) is 0 Å². The first-order chi connectivity index (χ1) is 17.9. The maximum absolute atomic E-state index is 13.6. The number of piperidine rings is 1. The molecule has 0 amide bonds. The highest BCUT2D eigenvalue weighted by atomic mass is 32.2. The van der Waals surface area contributed by atoms with E-state index < -0.39 is 10.0 Å². The van der Waals surface area contributed by atoms with Crippen LogP contribution < -0.4 is 4.90 Å². The van der Waals surface area contributed by atoms with Crippen LogP contribution in [0.5, 0.6) is 0 Å². The Kier molecular flexibility index (Phi) is 8.04. The number of hydrogen-bond donors (Lipinski definition) is 0. The summed E-state index contributed by atoms with van der Waals surface area (Å²) in [5, 5.41) is 0.806. The Morgan fingerprint density at radius 2 is 1.62 bits per heavy atom. The van der Waals surface area contributed by atoms with Gasteiger partial charge in [-0.1, -0.05) is 30.3 Å². The Labute approximate surface area is 220 Å². The van der Waals surface area contributed by atoms with Crippen LogP contribution in [0.3, 0.4) is 0 Å². The van der Waals surface area contributed by atoms with E-state index in [0.29, 0.717) is 31.1 Å². The molecule has 0 spiro atoms. The Balaban J connectivity index is 1.30. The van der Waals surface area contributed by atoms with E-state index in [9.17, 15) is 8.42 Å². The van der Waals surface area contributed by atoms with Gasteiger partial charge >= 0.3 is 0 Å². The van der Waals surface area contributed by atoms with Crippen LogP contribution in [-0.2, 0) is 14.8 Å². The molecular weight excluding hydrogens is 486 g/mol. The maximum Gasteiger partial charge on any atom is 0.243 e. The third-order valence-electron chi connectivity index (χ3n) is 7.24. The first kappa shape index (κ1) is 26.0. The second-order valence-electron chi connectivity index (χ2n) is 10.2. The van der Waals surface area contributed by atoms with Crippen molar-refractivity contribution < 1.29 is 13.2 Å². The fraction of sp³-hybridized carbons (Fsp3) is 0.500. The highest BCUT2D eigenvalue weighted by Gasteiger charge is 2.30. The summed E-state index contributed by atoms with van der Waals surface area (Å²) in [6, 6.07) is 15.5. The first-order valence-electron chi connectivity index (χ1n) is 13.3. The number of ether oxygens (including phenoxy) is 1. The van der Waals surface area contributed by atoms with E-state index in [4.69, 9.17) is 4.74 Å². The molecule has 9 heteroatoms. The number of aromatic nitrogens is 2. The number of nitrogens with zero attached hydrogens (tertiary/aromatic N) is 5. The largest absolute Gasteiger partial charge is 0.370 e. The smallest absolute Gasteiger partial charge is 0.243 e. The van der Waals surface area contributed by atoms with Crippen molar-refractivity contribution in [2.75, 3.05) is 50.7 Å². The summed E-state index contributed by atoms with van der Waals surface area (Å²) in [5.74, 6) is 0.837. The van der Waals surface area contributed by atoms with Crippen molar-refractivity contribution >= 4 is 26.7 Å². The Bertz CT molecular complexity index is 1290. The molecule has 0 radical (unpaired) electrons. The molecule has 2 aliphatic heterocycles. The van der Waals surface area contributed by atoms with Crippen LogP contribution in [0, 0.1) is 0 Å². The van der Waals surface area contributed by atoms with Gasteiger partial charge in [0, 0.05) is 51.2 Å². The lowest BCUT2D eigenvalue weighted by atomic mass is 10.1. The van der Waals surface area contributed by atoms with Gasteiger partial charge in [0.1, 0.15) is 12.1 Å². The number of benzene rings is 2. The van der Waals surface area contributed by atoms with Gasteiger partial charge in [-0.25, -0.2) is 18.4 Å². The SMILES string of the molecule is CC(C)OC(CN1CCN(S(=O)(=O)c2ccc3ncnc(N4CCCCC4)c3c2)CC1)c1ccccc1. The number of rotatable bonds is 8. The molecule has 198 valence electrons. The normalized spacial score (nSPS) is 18.9. The molecule has 5 rings (SSSR count). The second kappa shape index (κ2) is 11.4. The summed E-state index contributed by atoms with van der Waals surface area (Å²) in [7, 11) is -3.62. The number of sulfonamides is 1. The number of hydrogen-bond acceptors (Lipinski definition) is 7. The minimum Gasteiger partial charge on any atom is -0.370 e. The van der Waals surface area contributed by atoms with E-state index in [2.05, 4.69) is 31.9 Å². The predicted molar refractivity (Wildman–Crippen MR) is 146 cm³/mol. The molecule has 1 aromatic heterocycles. The second-order valence-corrected chi connectivity index (χ2v) is 12.2. The van der Waals surface area contributed by atoms with Crippen LogP contribution in [0.15, 0.2) is 59.8 Å². The minimum atomic E-state index is -3.62. The van der Waals surface area contributed by atoms with E-state index in [1.165, 1.54) is 6.42 Å². The zero-order chi connectivity index (χ0) is 25.8.